The van der Waals surface area contributed by atoms with Crippen molar-refractivity contribution >= 4 is 22.6 Å². The number of ether oxygens (including phenoxy) is 2. The van der Waals surface area contributed by atoms with Crippen LogP contribution in [0.2, 0.25) is 0 Å². The third-order valence-electron chi connectivity index (χ3n) is 1.37. The highest BCUT2D eigenvalue weighted by molar-refractivity contribution is 14.1. The monoisotopic (exact) mass is 293 g/mol. The molecule has 0 atom stereocenters. The van der Waals surface area contributed by atoms with E-state index in [1.165, 1.54) is 0 Å². The second-order valence-electron chi connectivity index (χ2n) is 2.82. The number of rotatable bonds is 3. The first-order valence-corrected chi connectivity index (χ1v) is 5.07. The Labute approximate surface area is 91.6 Å². The quantitative estimate of drug-likeness (QED) is 0.802. The summed E-state index contributed by atoms with van der Waals surface area (Å²) >= 11 is 2.20. The molecule has 0 N–H and O–H groups in total. The lowest BCUT2D eigenvalue weighted by Crippen LogP contribution is -2.07. The van der Waals surface area contributed by atoms with Crippen molar-refractivity contribution in [3.05, 3.63) is 15.8 Å². The number of methoxy groups -OCH3 is 1. The molecular weight excluding hydrogens is 281 g/mol. The first-order valence-electron chi connectivity index (χ1n) is 3.99. The first kappa shape index (κ1) is 10.6. The molecule has 0 saturated carbocycles. The summed E-state index contributed by atoms with van der Waals surface area (Å²) in [5, 5.41) is 0. The van der Waals surface area contributed by atoms with Crippen LogP contribution in [0.25, 0.3) is 0 Å². The van der Waals surface area contributed by atoms with E-state index in [9.17, 15) is 0 Å². The van der Waals surface area contributed by atoms with Crippen molar-refractivity contribution < 1.29 is 9.47 Å². The lowest BCUT2D eigenvalue weighted by Gasteiger charge is -2.11. The molecule has 0 aliphatic heterocycles. The highest BCUT2D eigenvalue weighted by atomic mass is 127. The number of hydrogen-bond donors (Lipinski definition) is 0. The SMILES string of the molecule is COc1cc(I)c(OC(C)C)cn1. The van der Waals surface area contributed by atoms with Crippen LogP contribution < -0.4 is 9.47 Å². The van der Waals surface area contributed by atoms with Crippen LogP contribution in [0.4, 0.5) is 0 Å². The third kappa shape index (κ3) is 3.02. The molecule has 1 aromatic rings. The number of aromatic nitrogens is 1. The van der Waals surface area contributed by atoms with E-state index in [4.69, 9.17) is 9.47 Å². The molecule has 0 fully saturated rings. The number of nitrogens with zero attached hydrogens (tertiary/aromatic N) is 1. The Morgan fingerprint density at radius 1 is 1.46 bits per heavy atom. The van der Waals surface area contributed by atoms with E-state index in [1.54, 1.807) is 13.3 Å². The molecule has 0 unspecified atom stereocenters. The Morgan fingerprint density at radius 2 is 2.15 bits per heavy atom. The zero-order valence-corrected chi connectivity index (χ0v) is 10.0. The van der Waals surface area contributed by atoms with Gasteiger partial charge in [0.1, 0.15) is 0 Å². The van der Waals surface area contributed by atoms with Crippen LogP contribution in [-0.2, 0) is 0 Å². The summed E-state index contributed by atoms with van der Waals surface area (Å²) in [6.07, 6.45) is 1.85. The van der Waals surface area contributed by atoms with Crippen molar-refractivity contribution in [2.24, 2.45) is 0 Å². The van der Waals surface area contributed by atoms with Gasteiger partial charge in [-0.2, -0.15) is 0 Å². The van der Waals surface area contributed by atoms with Gasteiger partial charge in [-0.25, -0.2) is 4.98 Å². The molecule has 0 aliphatic rings. The molecule has 1 rings (SSSR count). The molecule has 1 heterocycles. The van der Waals surface area contributed by atoms with E-state index in [0.29, 0.717) is 5.88 Å². The minimum absolute atomic E-state index is 0.170. The zero-order chi connectivity index (χ0) is 9.84. The standard InChI is InChI=1S/C9H12INO2/c1-6(2)13-8-5-11-9(12-3)4-7(8)10/h4-6H,1-3H3. The molecule has 0 aromatic carbocycles. The molecular formula is C9H12INO2. The lowest BCUT2D eigenvalue weighted by atomic mass is 10.4. The molecule has 0 spiro atoms. The van der Waals surface area contributed by atoms with Gasteiger partial charge in [-0.3, -0.25) is 0 Å². The van der Waals surface area contributed by atoms with E-state index in [1.807, 2.05) is 19.9 Å². The fourth-order valence-electron chi connectivity index (χ4n) is 0.853. The van der Waals surface area contributed by atoms with Gasteiger partial charge < -0.3 is 9.47 Å². The van der Waals surface area contributed by atoms with Crippen molar-refractivity contribution in [2.45, 2.75) is 20.0 Å². The maximum absolute atomic E-state index is 5.52. The molecule has 13 heavy (non-hydrogen) atoms. The van der Waals surface area contributed by atoms with E-state index < -0.39 is 0 Å². The Kier molecular flexibility index (Phi) is 3.77. The Balaban J connectivity index is 2.85. The van der Waals surface area contributed by atoms with Crippen molar-refractivity contribution in [2.75, 3.05) is 7.11 Å². The number of pyridine rings is 1. The normalized spacial score (nSPS) is 10.2. The Bertz CT molecular complexity index is 289. The van der Waals surface area contributed by atoms with Gasteiger partial charge in [0.05, 0.1) is 23.0 Å². The molecule has 0 aliphatic carbocycles. The minimum Gasteiger partial charge on any atom is -0.488 e. The summed E-state index contributed by atoms with van der Waals surface area (Å²) in [4.78, 5) is 4.06. The average Bonchev–Trinajstić information content (AvgIpc) is 2.08. The van der Waals surface area contributed by atoms with Crippen LogP contribution in [-0.4, -0.2) is 18.2 Å². The third-order valence-corrected chi connectivity index (χ3v) is 2.21. The van der Waals surface area contributed by atoms with Crippen LogP contribution >= 0.6 is 22.6 Å². The lowest BCUT2D eigenvalue weighted by molar-refractivity contribution is 0.239. The predicted molar refractivity (Wildman–Crippen MR) is 59.3 cm³/mol. The van der Waals surface area contributed by atoms with Crippen LogP contribution in [0.5, 0.6) is 11.6 Å². The van der Waals surface area contributed by atoms with Crippen molar-refractivity contribution in [1.29, 1.82) is 0 Å². The summed E-state index contributed by atoms with van der Waals surface area (Å²) in [5.41, 5.74) is 0. The second-order valence-corrected chi connectivity index (χ2v) is 3.99. The van der Waals surface area contributed by atoms with Gasteiger partial charge in [0.15, 0.2) is 5.75 Å². The maximum Gasteiger partial charge on any atom is 0.214 e. The van der Waals surface area contributed by atoms with E-state index in [0.717, 1.165) is 9.32 Å². The Hall–Kier alpha value is -0.520. The molecule has 0 radical (unpaired) electrons. The summed E-state index contributed by atoms with van der Waals surface area (Å²) in [6.45, 7) is 3.97. The predicted octanol–water partition coefficient (Wildman–Crippen LogP) is 2.48. The van der Waals surface area contributed by atoms with Crippen LogP contribution in [0, 0.1) is 3.57 Å². The van der Waals surface area contributed by atoms with Crippen molar-refractivity contribution in [3.63, 3.8) is 0 Å². The number of halogens is 1. The van der Waals surface area contributed by atoms with Crippen molar-refractivity contribution in [1.82, 2.24) is 4.98 Å². The topological polar surface area (TPSA) is 31.4 Å². The summed E-state index contributed by atoms with van der Waals surface area (Å²) in [5.74, 6) is 1.41. The van der Waals surface area contributed by atoms with Crippen LogP contribution in [0.15, 0.2) is 12.3 Å². The zero-order valence-electron chi connectivity index (χ0n) is 7.87. The largest absolute Gasteiger partial charge is 0.488 e. The highest BCUT2D eigenvalue weighted by Crippen LogP contribution is 2.23. The summed E-state index contributed by atoms with van der Waals surface area (Å²) < 4.78 is 11.5. The molecule has 1 aromatic heterocycles. The fraction of sp³-hybridized carbons (Fsp3) is 0.444. The molecule has 0 amide bonds. The summed E-state index contributed by atoms with van der Waals surface area (Å²) in [7, 11) is 1.60. The van der Waals surface area contributed by atoms with Gasteiger partial charge in [0.25, 0.3) is 0 Å². The van der Waals surface area contributed by atoms with Gasteiger partial charge in [0, 0.05) is 6.07 Å². The van der Waals surface area contributed by atoms with E-state index in [2.05, 4.69) is 27.6 Å². The minimum atomic E-state index is 0.170. The molecule has 0 bridgehead atoms. The molecule has 4 heteroatoms. The van der Waals surface area contributed by atoms with Crippen LogP contribution in [0.3, 0.4) is 0 Å². The van der Waals surface area contributed by atoms with Gasteiger partial charge in [-0.15, -0.1) is 0 Å². The van der Waals surface area contributed by atoms with Gasteiger partial charge in [0.2, 0.25) is 5.88 Å². The maximum atomic E-state index is 5.52. The second kappa shape index (κ2) is 4.64. The first-order chi connectivity index (χ1) is 6.13. The summed E-state index contributed by atoms with van der Waals surface area (Å²) in [6, 6.07) is 1.85. The molecule has 0 saturated heterocycles. The average molecular weight is 293 g/mol. The Morgan fingerprint density at radius 3 is 2.62 bits per heavy atom. The molecule has 3 nitrogen and oxygen atoms in total. The van der Waals surface area contributed by atoms with Gasteiger partial charge >= 0.3 is 0 Å². The van der Waals surface area contributed by atoms with Crippen molar-refractivity contribution in [3.8, 4) is 11.6 Å². The van der Waals surface area contributed by atoms with Gasteiger partial charge in [-0.05, 0) is 36.4 Å². The van der Waals surface area contributed by atoms with E-state index in [-0.39, 0.29) is 6.10 Å². The smallest absolute Gasteiger partial charge is 0.214 e. The van der Waals surface area contributed by atoms with E-state index >= 15 is 0 Å². The van der Waals surface area contributed by atoms with Crippen LogP contribution in [0.1, 0.15) is 13.8 Å². The fourth-order valence-corrected chi connectivity index (χ4v) is 1.39. The van der Waals surface area contributed by atoms with Gasteiger partial charge in [-0.1, -0.05) is 0 Å². The molecule has 72 valence electrons. The highest BCUT2D eigenvalue weighted by Gasteiger charge is 2.05. The number of hydrogen-bond acceptors (Lipinski definition) is 3.